The third-order valence-electron chi connectivity index (χ3n) is 4.16. The van der Waals surface area contributed by atoms with Gasteiger partial charge in [-0.05, 0) is 51.6 Å². The van der Waals surface area contributed by atoms with Crippen molar-refractivity contribution >= 4 is 23.5 Å². The maximum atomic E-state index is 4.82. The summed E-state index contributed by atoms with van der Waals surface area (Å²) in [7, 11) is 0. The number of aryl methyl sites for hydroxylation is 2. The second-order valence-electron chi connectivity index (χ2n) is 6.00. The molecule has 1 atom stereocenters. The summed E-state index contributed by atoms with van der Waals surface area (Å²) in [6, 6.07) is 0.812. The van der Waals surface area contributed by atoms with Crippen LogP contribution in [0, 0.1) is 13.8 Å². The Balaban J connectivity index is 1.60. The van der Waals surface area contributed by atoms with Gasteiger partial charge in [0, 0.05) is 34.7 Å². The number of hydrogen-bond donors (Lipinski definition) is 1. The van der Waals surface area contributed by atoms with Crippen LogP contribution in [0.3, 0.4) is 0 Å². The minimum Gasteiger partial charge on any atom is -0.314 e. The van der Waals surface area contributed by atoms with Gasteiger partial charge in [0.2, 0.25) is 0 Å². The van der Waals surface area contributed by atoms with Crippen molar-refractivity contribution in [2.75, 3.05) is 23.8 Å². The van der Waals surface area contributed by atoms with Crippen LogP contribution in [0.25, 0.3) is 0 Å². The Morgan fingerprint density at radius 2 is 1.90 bits per heavy atom. The van der Waals surface area contributed by atoms with Gasteiger partial charge in [0.1, 0.15) is 5.82 Å². The first-order valence-electron chi connectivity index (χ1n) is 8.01. The number of nitrogens with one attached hydrogen (secondary N) is 1. The molecule has 1 aliphatic heterocycles. The molecule has 1 saturated carbocycles. The third-order valence-corrected chi connectivity index (χ3v) is 6.91. The standard InChI is InChI=1S/C16H25N3S2/c1-11-14(4-3-7-17-13-5-6-13)12(2)19-16(18-11)15-10-20-8-9-21-15/h13,15,17H,3-10H2,1-2H3. The Hall–Kier alpha value is -0.260. The van der Waals surface area contributed by atoms with Gasteiger partial charge in [0.15, 0.2) is 0 Å². The molecule has 116 valence electrons. The van der Waals surface area contributed by atoms with Crippen LogP contribution in [0.4, 0.5) is 0 Å². The largest absolute Gasteiger partial charge is 0.314 e. The predicted molar refractivity (Wildman–Crippen MR) is 93.4 cm³/mol. The molecule has 2 heterocycles. The van der Waals surface area contributed by atoms with Gasteiger partial charge in [-0.3, -0.25) is 0 Å². The molecular formula is C16H25N3S2. The molecule has 0 aromatic carbocycles. The van der Waals surface area contributed by atoms with E-state index in [1.54, 1.807) is 0 Å². The summed E-state index contributed by atoms with van der Waals surface area (Å²) >= 11 is 4.05. The number of aromatic nitrogens is 2. The van der Waals surface area contributed by atoms with Gasteiger partial charge in [0.25, 0.3) is 0 Å². The molecule has 0 amide bonds. The lowest BCUT2D eigenvalue weighted by atomic mass is 10.1. The number of nitrogens with zero attached hydrogens (tertiary/aromatic N) is 2. The molecule has 21 heavy (non-hydrogen) atoms. The molecule has 3 rings (SSSR count). The van der Waals surface area contributed by atoms with Crippen LogP contribution in [0.15, 0.2) is 0 Å². The van der Waals surface area contributed by atoms with E-state index in [1.165, 1.54) is 47.7 Å². The van der Waals surface area contributed by atoms with E-state index in [4.69, 9.17) is 9.97 Å². The van der Waals surface area contributed by atoms with Crippen molar-refractivity contribution in [1.29, 1.82) is 0 Å². The summed E-state index contributed by atoms with van der Waals surface area (Å²) in [6.45, 7) is 5.44. The summed E-state index contributed by atoms with van der Waals surface area (Å²) in [5.74, 6) is 4.71. The molecule has 1 aliphatic carbocycles. The molecule has 1 saturated heterocycles. The minimum atomic E-state index is 0.492. The van der Waals surface area contributed by atoms with E-state index in [0.717, 1.165) is 30.6 Å². The normalized spacial score (nSPS) is 22.5. The lowest BCUT2D eigenvalue weighted by Gasteiger charge is -2.21. The van der Waals surface area contributed by atoms with Gasteiger partial charge in [0.05, 0.1) is 5.25 Å². The highest BCUT2D eigenvalue weighted by Gasteiger charge is 2.21. The predicted octanol–water partition coefficient (Wildman–Crippen LogP) is 3.30. The van der Waals surface area contributed by atoms with Crippen LogP contribution in [0.5, 0.6) is 0 Å². The molecule has 0 radical (unpaired) electrons. The topological polar surface area (TPSA) is 37.8 Å². The quantitative estimate of drug-likeness (QED) is 0.813. The van der Waals surface area contributed by atoms with Crippen molar-refractivity contribution in [3.63, 3.8) is 0 Å². The Morgan fingerprint density at radius 3 is 2.52 bits per heavy atom. The first-order chi connectivity index (χ1) is 10.2. The molecule has 3 nitrogen and oxygen atoms in total. The van der Waals surface area contributed by atoms with Crippen molar-refractivity contribution in [2.24, 2.45) is 0 Å². The first-order valence-corrected chi connectivity index (χ1v) is 10.2. The molecule has 1 unspecified atom stereocenters. The lowest BCUT2D eigenvalue weighted by Crippen LogP contribution is -2.18. The summed E-state index contributed by atoms with van der Waals surface area (Å²) in [5, 5.41) is 4.07. The summed E-state index contributed by atoms with van der Waals surface area (Å²) < 4.78 is 0. The SMILES string of the molecule is Cc1nc(C2CSCCS2)nc(C)c1CCCNC1CC1. The zero-order valence-electron chi connectivity index (χ0n) is 13.0. The van der Waals surface area contributed by atoms with Crippen molar-refractivity contribution < 1.29 is 0 Å². The first kappa shape index (κ1) is 15.6. The van der Waals surface area contributed by atoms with Crippen LogP contribution in [0.2, 0.25) is 0 Å². The molecule has 2 aliphatic rings. The average molecular weight is 324 g/mol. The van der Waals surface area contributed by atoms with E-state index in [1.807, 2.05) is 23.5 Å². The molecular weight excluding hydrogens is 298 g/mol. The zero-order valence-corrected chi connectivity index (χ0v) is 14.7. The maximum Gasteiger partial charge on any atom is 0.142 e. The Labute approximate surface area is 136 Å². The van der Waals surface area contributed by atoms with E-state index in [0.29, 0.717) is 5.25 Å². The van der Waals surface area contributed by atoms with Gasteiger partial charge in [-0.15, -0.1) is 11.8 Å². The third kappa shape index (κ3) is 4.36. The highest BCUT2D eigenvalue weighted by atomic mass is 32.2. The number of hydrogen-bond acceptors (Lipinski definition) is 5. The molecule has 1 N–H and O–H groups in total. The van der Waals surface area contributed by atoms with Crippen molar-refractivity contribution in [2.45, 2.75) is 50.8 Å². The molecule has 5 heteroatoms. The minimum absolute atomic E-state index is 0.492. The Morgan fingerprint density at radius 1 is 1.14 bits per heavy atom. The van der Waals surface area contributed by atoms with Gasteiger partial charge in [-0.2, -0.15) is 11.8 Å². The van der Waals surface area contributed by atoms with Crippen molar-refractivity contribution in [1.82, 2.24) is 15.3 Å². The fourth-order valence-corrected chi connectivity index (χ4v) is 5.37. The highest BCUT2D eigenvalue weighted by molar-refractivity contribution is 8.06. The van der Waals surface area contributed by atoms with Crippen molar-refractivity contribution in [3.8, 4) is 0 Å². The zero-order chi connectivity index (χ0) is 14.7. The lowest BCUT2D eigenvalue weighted by molar-refractivity contribution is 0.640. The Bertz CT molecular complexity index is 459. The Kier molecular flexibility index (Phi) is 5.46. The van der Waals surface area contributed by atoms with Crippen LogP contribution >= 0.6 is 23.5 Å². The van der Waals surface area contributed by atoms with E-state index < -0.39 is 0 Å². The highest BCUT2D eigenvalue weighted by Crippen LogP contribution is 2.35. The number of rotatable bonds is 6. The smallest absolute Gasteiger partial charge is 0.142 e. The molecule has 1 aromatic rings. The summed E-state index contributed by atoms with van der Waals surface area (Å²) in [4.78, 5) is 9.64. The van der Waals surface area contributed by atoms with Crippen LogP contribution in [-0.4, -0.2) is 39.8 Å². The van der Waals surface area contributed by atoms with Crippen LogP contribution < -0.4 is 5.32 Å². The summed E-state index contributed by atoms with van der Waals surface area (Å²) in [6.07, 6.45) is 5.03. The van der Waals surface area contributed by atoms with Gasteiger partial charge < -0.3 is 5.32 Å². The van der Waals surface area contributed by atoms with Crippen molar-refractivity contribution in [3.05, 3.63) is 22.8 Å². The summed E-state index contributed by atoms with van der Waals surface area (Å²) in [5.41, 5.74) is 3.75. The van der Waals surface area contributed by atoms with Gasteiger partial charge >= 0.3 is 0 Å². The van der Waals surface area contributed by atoms with E-state index in [-0.39, 0.29) is 0 Å². The van der Waals surface area contributed by atoms with Gasteiger partial charge in [-0.1, -0.05) is 0 Å². The second kappa shape index (κ2) is 7.34. The van der Waals surface area contributed by atoms with E-state index in [2.05, 4.69) is 19.2 Å². The van der Waals surface area contributed by atoms with Crippen LogP contribution in [0.1, 0.15) is 47.3 Å². The average Bonchev–Trinajstić information content (AvgIpc) is 3.30. The fraction of sp³-hybridized carbons (Fsp3) is 0.750. The monoisotopic (exact) mass is 323 g/mol. The fourth-order valence-electron chi connectivity index (χ4n) is 2.77. The molecule has 1 aromatic heterocycles. The van der Waals surface area contributed by atoms with E-state index >= 15 is 0 Å². The van der Waals surface area contributed by atoms with Crippen LogP contribution in [-0.2, 0) is 6.42 Å². The molecule has 2 fully saturated rings. The molecule has 0 spiro atoms. The maximum absolute atomic E-state index is 4.82. The number of thioether (sulfide) groups is 2. The van der Waals surface area contributed by atoms with Gasteiger partial charge in [-0.25, -0.2) is 9.97 Å². The molecule has 0 bridgehead atoms. The van der Waals surface area contributed by atoms with E-state index in [9.17, 15) is 0 Å². The second-order valence-corrected chi connectivity index (χ2v) is 8.46.